The van der Waals surface area contributed by atoms with E-state index in [1.807, 2.05) is 49.4 Å². The molecule has 0 amide bonds. The molecule has 0 radical (unpaired) electrons. The molecule has 4 atom stereocenters. The van der Waals surface area contributed by atoms with Gasteiger partial charge in [0, 0.05) is 18.4 Å². The van der Waals surface area contributed by atoms with Crippen molar-refractivity contribution in [1.29, 1.82) is 0 Å². The molecule has 0 bridgehead atoms. The molecular weight excluding hydrogens is 454 g/mol. The standard InChI is InChI=1S/C30H33NO3S/c1-3-22-11-13-23(14-12-22)25-15-18-27-29(19-25)31(35(33,34)26-16-9-21(2)10-17-26)28(20-30(27)32)24-7-5-4-6-8-24/h4-14,16-17,25,27-29H,3,15,18-20H2,1-2H3. The zero-order chi connectivity index (χ0) is 24.6. The number of ketones is 1. The fraction of sp³-hybridized carbons (Fsp3) is 0.367. The second-order valence-electron chi connectivity index (χ2n) is 10.0. The number of hydrogen-bond donors (Lipinski definition) is 0. The van der Waals surface area contributed by atoms with Crippen molar-refractivity contribution in [2.45, 2.75) is 68.8 Å². The zero-order valence-electron chi connectivity index (χ0n) is 20.4. The van der Waals surface area contributed by atoms with E-state index in [-0.39, 0.29) is 30.1 Å². The van der Waals surface area contributed by atoms with E-state index in [9.17, 15) is 13.2 Å². The van der Waals surface area contributed by atoms with Crippen LogP contribution in [-0.2, 0) is 21.2 Å². The van der Waals surface area contributed by atoms with Crippen LogP contribution in [0.3, 0.4) is 0 Å². The van der Waals surface area contributed by atoms with Crippen molar-refractivity contribution in [3.05, 3.63) is 101 Å². The number of fused-ring (bicyclic) bond motifs is 1. The molecule has 3 aromatic carbocycles. The Morgan fingerprint density at radius 1 is 0.857 bits per heavy atom. The summed E-state index contributed by atoms with van der Waals surface area (Å²) < 4.78 is 30.1. The summed E-state index contributed by atoms with van der Waals surface area (Å²) in [4.78, 5) is 13.7. The highest BCUT2D eigenvalue weighted by atomic mass is 32.2. The largest absolute Gasteiger partial charge is 0.299 e. The van der Waals surface area contributed by atoms with E-state index >= 15 is 0 Å². The van der Waals surface area contributed by atoms with Gasteiger partial charge in [0.1, 0.15) is 5.78 Å². The minimum atomic E-state index is -3.81. The minimum absolute atomic E-state index is 0.194. The van der Waals surface area contributed by atoms with Crippen LogP contribution in [0.15, 0.2) is 83.8 Å². The van der Waals surface area contributed by atoms with Gasteiger partial charge in [-0.15, -0.1) is 0 Å². The summed E-state index contributed by atoms with van der Waals surface area (Å²) in [6.45, 7) is 4.10. The predicted octanol–water partition coefficient (Wildman–Crippen LogP) is 6.21. The first-order chi connectivity index (χ1) is 16.9. The highest BCUT2D eigenvalue weighted by Gasteiger charge is 2.50. The van der Waals surface area contributed by atoms with Gasteiger partial charge in [0.15, 0.2) is 0 Å². The molecule has 1 heterocycles. The van der Waals surface area contributed by atoms with Gasteiger partial charge in [0.2, 0.25) is 10.0 Å². The maximum atomic E-state index is 14.2. The smallest absolute Gasteiger partial charge is 0.243 e. The van der Waals surface area contributed by atoms with Crippen LogP contribution in [0.25, 0.3) is 0 Å². The number of piperidine rings is 1. The topological polar surface area (TPSA) is 54.5 Å². The van der Waals surface area contributed by atoms with E-state index in [1.54, 1.807) is 16.4 Å². The summed E-state index contributed by atoms with van der Waals surface area (Å²) in [7, 11) is -3.81. The minimum Gasteiger partial charge on any atom is -0.299 e. The highest BCUT2D eigenvalue weighted by Crippen LogP contribution is 2.48. The second kappa shape index (κ2) is 9.71. The van der Waals surface area contributed by atoms with Gasteiger partial charge in [-0.05, 0) is 67.3 Å². The van der Waals surface area contributed by atoms with Crippen LogP contribution in [0, 0.1) is 12.8 Å². The van der Waals surface area contributed by atoms with E-state index in [4.69, 9.17) is 0 Å². The maximum Gasteiger partial charge on any atom is 0.243 e. The first kappa shape index (κ1) is 24.0. The fourth-order valence-electron chi connectivity index (χ4n) is 5.91. The van der Waals surface area contributed by atoms with Gasteiger partial charge in [0.25, 0.3) is 0 Å². The molecule has 1 saturated heterocycles. The van der Waals surface area contributed by atoms with Crippen molar-refractivity contribution in [3.63, 3.8) is 0 Å². The maximum absolute atomic E-state index is 14.2. The number of hydrogen-bond acceptors (Lipinski definition) is 3. The van der Waals surface area contributed by atoms with Crippen LogP contribution in [-0.4, -0.2) is 24.5 Å². The number of aryl methyl sites for hydroxylation is 2. The van der Waals surface area contributed by atoms with E-state index < -0.39 is 16.1 Å². The molecule has 3 aromatic rings. The Morgan fingerprint density at radius 3 is 2.20 bits per heavy atom. The van der Waals surface area contributed by atoms with Crippen molar-refractivity contribution >= 4 is 15.8 Å². The van der Waals surface area contributed by atoms with Gasteiger partial charge in [-0.1, -0.05) is 79.2 Å². The lowest BCUT2D eigenvalue weighted by molar-refractivity contribution is -0.131. The van der Waals surface area contributed by atoms with E-state index in [0.717, 1.165) is 30.4 Å². The highest BCUT2D eigenvalue weighted by molar-refractivity contribution is 7.89. The lowest BCUT2D eigenvalue weighted by Crippen LogP contribution is -2.55. The monoisotopic (exact) mass is 487 g/mol. The molecule has 0 spiro atoms. The third kappa shape index (κ3) is 4.60. The first-order valence-corrected chi connectivity index (χ1v) is 14.1. The number of carbonyl (C=O) groups is 1. The zero-order valence-corrected chi connectivity index (χ0v) is 21.2. The van der Waals surface area contributed by atoms with Crippen molar-refractivity contribution in [2.75, 3.05) is 0 Å². The van der Waals surface area contributed by atoms with Crippen LogP contribution >= 0.6 is 0 Å². The number of rotatable bonds is 5. The quantitative estimate of drug-likeness (QED) is 0.430. The Balaban J connectivity index is 1.57. The average Bonchev–Trinajstić information content (AvgIpc) is 2.89. The van der Waals surface area contributed by atoms with Crippen LogP contribution < -0.4 is 0 Å². The third-order valence-corrected chi connectivity index (χ3v) is 9.85. The van der Waals surface area contributed by atoms with E-state index in [0.29, 0.717) is 11.3 Å². The number of benzene rings is 3. The van der Waals surface area contributed by atoms with Gasteiger partial charge in [-0.3, -0.25) is 4.79 Å². The second-order valence-corrected chi connectivity index (χ2v) is 11.9. The summed E-state index contributed by atoms with van der Waals surface area (Å²) in [5, 5.41) is 0. The number of Topliss-reactive ketones (excluding diaryl/α,β-unsaturated/α-hetero) is 1. The molecule has 0 aromatic heterocycles. The molecular formula is C30H33NO3S. The van der Waals surface area contributed by atoms with Gasteiger partial charge in [-0.2, -0.15) is 4.31 Å². The van der Waals surface area contributed by atoms with Crippen LogP contribution in [0.5, 0.6) is 0 Å². The Morgan fingerprint density at radius 2 is 1.54 bits per heavy atom. The molecule has 0 N–H and O–H groups in total. The molecule has 2 aliphatic rings. The third-order valence-electron chi connectivity index (χ3n) is 7.90. The normalized spacial score (nSPS) is 25.3. The summed E-state index contributed by atoms with van der Waals surface area (Å²) >= 11 is 0. The first-order valence-electron chi connectivity index (χ1n) is 12.6. The molecule has 1 aliphatic heterocycles. The van der Waals surface area contributed by atoms with E-state index in [2.05, 4.69) is 31.2 Å². The molecule has 2 fully saturated rings. The molecule has 5 rings (SSSR count). The van der Waals surface area contributed by atoms with Crippen LogP contribution in [0.4, 0.5) is 0 Å². The molecule has 1 saturated carbocycles. The fourth-order valence-corrected chi connectivity index (χ4v) is 7.76. The van der Waals surface area contributed by atoms with E-state index in [1.165, 1.54) is 11.1 Å². The molecule has 182 valence electrons. The summed E-state index contributed by atoms with van der Waals surface area (Å²) in [6.07, 6.45) is 3.52. The number of carbonyl (C=O) groups excluding carboxylic acids is 1. The number of sulfonamides is 1. The Kier molecular flexibility index (Phi) is 6.65. The summed E-state index contributed by atoms with van der Waals surface area (Å²) in [6, 6.07) is 24.6. The Hall–Kier alpha value is -2.76. The molecule has 4 unspecified atom stereocenters. The lowest BCUT2D eigenvalue weighted by Gasteiger charge is -2.48. The van der Waals surface area contributed by atoms with Gasteiger partial charge < -0.3 is 0 Å². The van der Waals surface area contributed by atoms with Gasteiger partial charge in [0.05, 0.1) is 10.9 Å². The van der Waals surface area contributed by atoms with Crippen molar-refractivity contribution in [3.8, 4) is 0 Å². The van der Waals surface area contributed by atoms with Crippen LogP contribution in [0.2, 0.25) is 0 Å². The molecule has 1 aliphatic carbocycles. The molecule has 4 nitrogen and oxygen atoms in total. The SMILES string of the molecule is CCc1ccc(C2CCC3C(=O)CC(c4ccccc4)N(S(=O)(=O)c4ccc(C)cc4)C3C2)cc1. The summed E-state index contributed by atoms with van der Waals surface area (Å²) in [5.41, 5.74) is 4.43. The van der Waals surface area contributed by atoms with Crippen molar-refractivity contribution in [1.82, 2.24) is 4.31 Å². The Labute approximate surface area is 209 Å². The van der Waals surface area contributed by atoms with Gasteiger partial charge >= 0.3 is 0 Å². The lowest BCUT2D eigenvalue weighted by atomic mass is 9.70. The van der Waals surface area contributed by atoms with Gasteiger partial charge in [-0.25, -0.2) is 8.42 Å². The van der Waals surface area contributed by atoms with Crippen molar-refractivity contribution in [2.24, 2.45) is 5.92 Å². The van der Waals surface area contributed by atoms with Crippen LogP contribution in [0.1, 0.15) is 66.8 Å². The molecule has 35 heavy (non-hydrogen) atoms. The molecule has 5 heteroatoms. The number of nitrogens with zero attached hydrogens (tertiary/aromatic N) is 1. The van der Waals surface area contributed by atoms with Crippen molar-refractivity contribution < 1.29 is 13.2 Å². The summed E-state index contributed by atoms with van der Waals surface area (Å²) in [5.74, 6) is 0.181. The Bertz CT molecular complexity index is 1280. The average molecular weight is 488 g/mol. The predicted molar refractivity (Wildman–Crippen MR) is 139 cm³/mol.